The first-order valence-electron chi connectivity index (χ1n) is 9.98. The van der Waals surface area contributed by atoms with E-state index in [1.165, 1.54) is 0 Å². The van der Waals surface area contributed by atoms with E-state index in [1.54, 1.807) is 31.4 Å². The number of methoxy groups -OCH3 is 1. The van der Waals surface area contributed by atoms with Crippen LogP contribution in [0.2, 0.25) is 0 Å². The van der Waals surface area contributed by atoms with Gasteiger partial charge in [0.1, 0.15) is 18.5 Å². The third-order valence-electron chi connectivity index (χ3n) is 5.03. The van der Waals surface area contributed by atoms with Gasteiger partial charge in [-0.3, -0.25) is 0 Å². The van der Waals surface area contributed by atoms with Crippen molar-refractivity contribution >= 4 is 22.7 Å². The minimum atomic E-state index is 0.247. The van der Waals surface area contributed by atoms with Crippen LogP contribution in [0.3, 0.4) is 0 Å². The molecule has 3 aromatic carbocycles. The van der Waals surface area contributed by atoms with Crippen molar-refractivity contribution in [3.8, 4) is 23.6 Å². The molecule has 32 heavy (non-hydrogen) atoms. The van der Waals surface area contributed by atoms with Gasteiger partial charge in [0, 0.05) is 5.56 Å². The lowest BCUT2D eigenvalue weighted by molar-refractivity contribution is 0.284. The Bertz CT molecular complexity index is 1400. The molecule has 0 aliphatic carbocycles. The molecule has 156 valence electrons. The van der Waals surface area contributed by atoms with Crippen molar-refractivity contribution in [3.05, 3.63) is 88.7 Å². The van der Waals surface area contributed by atoms with Crippen molar-refractivity contribution in [2.24, 2.45) is 0 Å². The third-order valence-corrected chi connectivity index (χ3v) is 5.03. The summed E-state index contributed by atoms with van der Waals surface area (Å²) in [7, 11) is 1.56. The summed E-state index contributed by atoms with van der Waals surface area (Å²) < 4.78 is 11.4. The summed E-state index contributed by atoms with van der Waals surface area (Å²) >= 11 is 0. The van der Waals surface area contributed by atoms with Gasteiger partial charge in [-0.05, 0) is 54.5 Å². The van der Waals surface area contributed by atoms with Gasteiger partial charge in [-0.2, -0.15) is 10.5 Å². The molecule has 1 aromatic heterocycles. The largest absolute Gasteiger partial charge is 0.493 e. The molecule has 0 saturated carbocycles. The van der Waals surface area contributed by atoms with Crippen LogP contribution in [-0.4, -0.2) is 17.1 Å². The first-order chi connectivity index (χ1) is 15.6. The standard InChI is InChI=1S/C26H20N4O2/c1-17-7-9-22-23(11-17)30-26(29-22)21(15-28)12-18-8-10-24(25(13-18)31-2)32-16-20-6-4-3-5-19(20)14-27/h3-13H,16H2,1-2H3,(H,29,30). The van der Waals surface area contributed by atoms with E-state index in [2.05, 4.69) is 22.1 Å². The number of hydrogen-bond acceptors (Lipinski definition) is 5. The summed E-state index contributed by atoms with van der Waals surface area (Å²) in [6, 6.07) is 23.0. The number of imidazole rings is 1. The van der Waals surface area contributed by atoms with E-state index in [4.69, 9.17) is 9.47 Å². The zero-order valence-corrected chi connectivity index (χ0v) is 17.7. The molecule has 0 aliphatic heterocycles. The van der Waals surface area contributed by atoms with Crippen molar-refractivity contribution in [2.75, 3.05) is 7.11 Å². The SMILES string of the molecule is COc1cc(C=C(C#N)c2nc3ccc(C)cc3[nH]2)ccc1OCc1ccccc1C#N. The summed E-state index contributed by atoms with van der Waals surface area (Å²) in [5.41, 5.74) is 5.38. The van der Waals surface area contributed by atoms with Crippen LogP contribution in [0.1, 0.15) is 28.1 Å². The number of nitrogens with zero attached hydrogens (tertiary/aromatic N) is 3. The van der Waals surface area contributed by atoms with Crippen molar-refractivity contribution in [2.45, 2.75) is 13.5 Å². The Balaban J connectivity index is 1.60. The van der Waals surface area contributed by atoms with Gasteiger partial charge in [0.15, 0.2) is 11.5 Å². The van der Waals surface area contributed by atoms with Gasteiger partial charge in [-0.1, -0.05) is 30.3 Å². The quantitative estimate of drug-likeness (QED) is 0.422. The van der Waals surface area contributed by atoms with Crippen molar-refractivity contribution in [1.82, 2.24) is 9.97 Å². The van der Waals surface area contributed by atoms with Crippen LogP contribution < -0.4 is 9.47 Å². The zero-order chi connectivity index (χ0) is 22.5. The van der Waals surface area contributed by atoms with E-state index >= 15 is 0 Å². The molecule has 4 rings (SSSR count). The highest BCUT2D eigenvalue weighted by Gasteiger charge is 2.11. The molecule has 0 unspecified atom stereocenters. The second-order valence-corrected chi connectivity index (χ2v) is 7.24. The zero-order valence-electron chi connectivity index (χ0n) is 17.7. The molecule has 0 fully saturated rings. The molecule has 0 spiro atoms. The fourth-order valence-electron chi connectivity index (χ4n) is 3.38. The lowest BCUT2D eigenvalue weighted by Gasteiger charge is -2.12. The molecule has 0 radical (unpaired) electrons. The highest BCUT2D eigenvalue weighted by Crippen LogP contribution is 2.31. The number of allylic oxidation sites excluding steroid dienone is 1. The number of nitriles is 2. The van der Waals surface area contributed by atoms with E-state index in [0.29, 0.717) is 28.5 Å². The summed E-state index contributed by atoms with van der Waals surface area (Å²) in [6.45, 7) is 2.26. The Morgan fingerprint density at radius 2 is 1.91 bits per heavy atom. The molecular formula is C26H20N4O2. The number of rotatable bonds is 6. The summed E-state index contributed by atoms with van der Waals surface area (Å²) in [5.74, 6) is 1.60. The maximum atomic E-state index is 9.70. The number of hydrogen-bond donors (Lipinski definition) is 1. The van der Waals surface area contributed by atoms with E-state index in [0.717, 1.165) is 27.7 Å². The van der Waals surface area contributed by atoms with Gasteiger partial charge in [0.05, 0.1) is 35.3 Å². The topological polar surface area (TPSA) is 94.7 Å². The minimum absolute atomic E-state index is 0.247. The summed E-state index contributed by atoms with van der Waals surface area (Å²) in [4.78, 5) is 7.74. The van der Waals surface area contributed by atoms with Crippen LogP contribution in [-0.2, 0) is 6.61 Å². The van der Waals surface area contributed by atoms with E-state index in [-0.39, 0.29) is 6.61 Å². The van der Waals surface area contributed by atoms with E-state index < -0.39 is 0 Å². The average Bonchev–Trinajstić information content (AvgIpc) is 3.24. The molecule has 6 heteroatoms. The Morgan fingerprint density at radius 3 is 2.69 bits per heavy atom. The van der Waals surface area contributed by atoms with Crippen LogP contribution in [0.15, 0.2) is 60.7 Å². The smallest absolute Gasteiger partial charge is 0.161 e. The molecular weight excluding hydrogens is 400 g/mol. The van der Waals surface area contributed by atoms with E-state index in [1.807, 2.05) is 49.4 Å². The van der Waals surface area contributed by atoms with Gasteiger partial charge in [0.25, 0.3) is 0 Å². The highest BCUT2D eigenvalue weighted by atomic mass is 16.5. The second-order valence-electron chi connectivity index (χ2n) is 7.24. The maximum absolute atomic E-state index is 9.70. The number of benzene rings is 3. The number of H-pyrrole nitrogens is 1. The van der Waals surface area contributed by atoms with Crippen molar-refractivity contribution in [3.63, 3.8) is 0 Å². The third kappa shape index (κ3) is 4.30. The lowest BCUT2D eigenvalue weighted by atomic mass is 10.1. The number of fused-ring (bicyclic) bond motifs is 1. The van der Waals surface area contributed by atoms with Gasteiger partial charge in [-0.25, -0.2) is 4.98 Å². The summed E-state index contributed by atoms with van der Waals surface area (Å²) in [6.07, 6.45) is 1.75. The second kappa shape index (κ2) is 9.07. The Kier molecular flexibility index (Phi) is 5.87. The number of nitrogens with one attached hydrogen (secondary N) is 1. The van der Waals surface area contributed by atoms with Crippen molar-refractivity contribution < 1.29 is 9.47 Å². The van der Waals surface area contributed by atoms with Gasteiger partial charge < -0.3 is 14.5 Å². The molecule has 6 nitrogen and oxygen atoms in total. The lowest BCUT2D eigenvalue weighted by Crippen LogP contribution is -2.00. The van der Waals surface area contributed by atoms with Crippen LogP contribution in [0, 0.1) is 29.6 Å². The molecule has 1 N–H and O–H groups in total. The predicted molar refractivity (Wildman–Crippen MR) is 123 cm³/mol. The molecule has 1 heterocycles. The monoisotopic (exact) mass is 420 g/mol. The Morgan fingerprint density at radius 1 is 1.06 bits per heavy atom. The normalized spacial score (nSPS) is 11.1. The summed E-state index contributed by atoms with van der Waals surface area (Å²) in [5, 5.41) is 18.9. The predicted octanol–water partition coefficient (Wildman–Crippen LogP) is 5.39. The molecule has 0 saturated heterocycles. The fraction of sp³-hybridized carbons (Fsp3) is 0.115. The molecule has 0 atom stereocenters. The van der Waals surface area contributed by atoms with E-state index in [9.17, 15) is 10.5 Å². The molecule has 4 aromatic rings. The van der Waals surface area contributed by atoms with Crippen LogP contribution in [0.4, 0.5) is 0 Å². The van der Waals surface area contributed by atoms with Crippen molar-refractivity contribution in [1.29, 1.82) is 10.5 Å². The Labute approximate surface area is 186 Å². The maximum Gasteiger partial charge on any atom is 0.161 e. The fourth-order valence-corrected chi connectivity index (χ4v) is 3.38. The van der Waals surface area contributed by atoms with Crippen LogP contribution >= 0.6 is 0 Å². The minimum Gasteiger partial charge on any atom is -0.493 e. The van der Waals surface area contributed by atoms with Gasteiger partial charge >= 0.3 is 0 Å². The van der Waals surface area contributed by atoms with Crippen LogP contribution in [0.25, 0.3) is 22.7 Å². The first kappa shape index (κ1) is 20.7. The molecule has 0 bridgehead atoms. The Hall–Kier alpha value is -4.55. The molecule has 0 aliphatic rings. The highest BCUT2D eigenvalue weighted by molar-refractivity contribution is 5.90. The average molecular weight is 420 g/mol. The number of aromatic amines is 1. The number of ether oxygens (including phenoxy) is 2. The molecule has 0 amide bonds. The van der Waals surface area contributed by atoms with Gasteiger partial charge in [0.2, 0.25) is 0 Å². The van der Waals surface area contributed by atoms with Gasteiger partial charge in [-0.15, -0.1) is 0 Å². The first-order valence-corrected chi connectivity index (χ1v) is 9.98. The van der Waals surface area contributed by atoms with Crippen LogP contribution in [0.5, 0.6) is 11.5 Å². The number of aromatic nitrogens is 2. The number of aryl methyl sites for hydroxylation is 1.